The van der Waals surface area contributed by atoms with Gasteiger partial charge < -0.3 is 0 Å². The van der Waals surface area contributed by atoms with Crippen LogP contribution < -0.4 is 4.72 Å². The Morgan fingerprint density at radius 3 is 2.57 bits per heavy atom. The van der Waals surface area contributed by atoms with Crippen LogP contribution in [0.25, 0.3) is 0 Å². The summed E-state index contributed by atoms with van der Waals surface area (Å²) < 4.78 is 26.7. The number of H-pyrrole nitrogens is 1. The molecule has 2 aromatic rings. The Morgan fingerprint density at radius 1 is 1.38 bits per heavy atom. The molecule has 0 saturated heterocycles. The minimum absolute atomic E-state index is 0.0704. The highest BCUT2D eigenvalue weighted by molar-refractivity contribution is 7.92. The third kappa shape index (κ3) is 2.95. The Kier molecular flexibility index (Phi) is 3.83. The summed E-state index contributed by atoms with van der Waals surface area (Å²) in [6.07, 6.45) is 0. The highest BCUT2D eigenvalue weighted by Crippen LogP contribution is 2.27. The minimum atomic E-state index is -4.07. The number of hydrogen-bond donors (Lipinski definition) is 2. The fourth-order valence-corrected chi connectivity index (χ4v) is 3.30. The summed E-state index contributed by atoms with van der Waals surface area (Å²) in [4.78, 5) is 13.7. The Balaban J connectivity index is 2.51. The van der Waals surface area contributed by atoms with Crippen molar-refractivity contribution in [1.29, 1.82) is 0 Å². The van der Waals surface area contributed by atoms with Gasteiger partial charge in [-0.25, -0.2) is 13.4 Å². The second-order valence-corrected chi connectivity index (χ2v) is 6.13. The van der Waals surface area contributed by atoms with E-state index in [2.05, 4.69) is 19.9 Å². The van der Waals surface area contributed by atoms with Gasteiger partial charge in [-0.1, -0.05) is 11.6 Å². The van der Waals surface area contributed by atoms with E-state index in [1.165, 1.54) is 19.9 Å². The summed E-state index contributed by atoms with van der Waals surface area (Å²) in [5, 5.41) is 17.1. The number of nitrogens with zero attached hydrogens (tertiary/aromatic N) is 3. The number of anilines is 1. The van der Waals surface area contributed by atoms with E-state index in [4.69, 9.17) is 11.6 Å². The summed E-state index contributed by atoms with van der Waals surface area (Å²) in [5.74, 6) is -0.451. The zero-order valence-electron chi connectivity index (χ0n) is 10.9. The van der Waals surface area contributed by atoms with Gasteiger partial charge in [0.25, 0.3) is 10.0 Å². The van der Waals surface area contributed by atoms with Crippen LogP contribution in [0, 0.1) is 24.0 Å². The molecule has 0 spiro atoms. The van der Waals surface area contributed by atoms with E-state index in [0.717, 1.165) is 6.07 Å². The smallest absolute Gasteiger partial charge is 0.281 e. The molecule has 2 N–H and O–H groups in total. The van der Waals surface area contributed by atoms with Gasteiger partial charge in [-0.15, -0.1) is 0 Å². The summed E-state index contributed by atoms with van der Waals surface area (Å²) in [7, 11) is -4.07. The molecule has 0 aliphatic heterocycles. The van der Waals surface area contributed by atoms with Crippen molar-refractivity contribution in [3.63, 3.8) is 0 Å². The van der Waals surface area contributed by atoms with Gasteiger partial charge >= 0.3 is 5.69 Å². The first-order valence-electron chi connectivity index (χ1n) is 5.57. The molecular formula is C10H10ClN5O4S. The molecule has 0 fully saturated rings. The molecule has 112 valence electrons. The van der Waals surface area contributed by atoms with Crippen LogP contribution in [0.2, 0.25) is 5.15 Å². The summed E-state index contributed by atoms with van der Waals surface area (Å²) >= 11 is 5.65. The zero-order chi connectivity index (χ0) is 15.8. The standard InChI is InChI=1S/C10H10ClN5O4S/c1-5-9(6(2)14-13-5)21(19,20)15-10-7(16(17)18)3-4-8(11)12-10/h3-4H,1-2H3,(H,12,15)(H,13,14). The number of aromatic amines is 1. The van der Waals surface area contributed by atoms with Gasteiger partial charge in [-0.05, 0) is 19.9 Å². The van der Waals surface area contributed by atoms with E-state index in [0.29, 0.717) is 5.69 Å². The molecular weight excluding hydrogens is 322 g/mol. The number of aryl methyl sites for hydroxylation is 2. The number of halogens is 1. The molecule has 0 aromatic carbocycles. The first-order chi connectivity index (χ1) is 9.72. The van der Waals surface area contributed by atoms with Gasteiger partial charge in [-0.3, -0.25) is 19.9 Å². The average molecular weight is 332 g/mol. The molecule has 0 amide bonds. The predicted octanol–water partition coefficient (Wildman–Crippen LogP) is 1.78. The van der Waals surface area contributed by atoms with E-state index < -0.39 is 26.5 Å². The Morgan fingerprint density at radius 2 is 2.05 bits per heavy atom. The lowest BCUT2D eigenvalue weighted by Crippen LogP contribution is -2.16. The largest absolute Gasteiger partial charge is 0.312 e. The highest BCUT2D eigenvalue weighted by atomic mass is 35.5. The van der Waals surface area contributed by atoms with E-state index >= 15 is 0 Å². The normalized spacial score (nSPS) is 11.4. The molecule has 0 unspecified atom stereocenters. The quantitative estimate of drug-likeness (QED) is 0.498. The van der Waals surface area contributed by atoms with Gasteiger partial charge in [0, 0.05) is 6.07 Å². The van der Waals surface area contributed by atoms with Crippen molar-refractivity contribution in [1.82, 2.24) is 15.2 Å². The zero-order valence-corrected chi connectivity index (χ0v) is 12.5. The van der Waals surface area contributed by atoms with Crippen molar-refractivity contribution in [3.05, 3.63) is 38.8 Å². The maximum absolute atomic E-state index is 12.3. The third-order valence-electron chi connectivity index (χ3n) is 2.60. The molecule has 2 aromatic heterocycles. The van der Waals surface area contributed by atoms with Gasteiger partial charge in [0.1, 0.15) is 10.0 Å². The summed E-state index contributed by atoms with van der Waals surface area (Å²) in [6.45, 7) is 3.02. The number of nitrogens with one attached hydrogen (secondary N) is 2. The molecule has 2 heterocycles. The molecule has 0 aliphatic carbocycles. The molecule has 0 saturated carbocycles. The lowest BCUT2D eigenvalue weighted by Gasteiger charge is -2.08. The fraction of sp³-hybridized carbons (Fsp3) is 0.200. The topological polar surface area (TPSA) is 131 Å². The van der Waals surface area contributed by atoms with Gasteiger partial charge in [0.2, 0.25) is 5.82 Å². The van der Waals surface area contributed by atoms with Crippen LogP contribution in [0.3, 0.4) is 0 Å². The third-order valence-corrected chi connectivity index (χ3v) is 4.41. The lowest BCUT2D eigenvalue weighted by molar-refractivity contribution is -0.384. The van der Waals surface area contributed by atoms with Gasteiger partial charge in [0.05, 0.1) is 16.3 Å². The summed E-state index contributed by atoms with van der Waals surface area (Å²) in [6, 6.07) is 2.27. The van der Waals surface area contributed by atoms with Crippen molar-refractivity contribution in [3.8, 4) is 0 Å². The Labute approximate surface area is 124 Å². The van der Waals surface area contributed by atoms with Crippen LogP contribution in [0.1, 0.15) is 11.4 Å². The van der Waals surface area contributed by atoms with Gasteiger partial charge in [-0.2, -0.15) is 5.10 Å². The Hall–Kier alpha value is -2.20. The van der Waals surface area contributed by atoms with Crippen LogP contribution in [0.4, 0.5) is 11.5 Å². The Bertz CT molecular complexity index is 797. The highest BCUT2D eigenvalue weighted by Gasteiger charge is 2.26. The molecule has 9 nitrogen and oxygen atoms in total. The monoisotopic (exact) mass is 331 g/mol. The van der Waals surface area contributed by atoms with E-state index in [1.54, 1.807) is 0 Å². The number of nitro groups is 1. The van der Waals surface area contributed by atoms with Crippen molar-refractivity contribution in [2.75, 3.05) is 4.72 Å². The molecule has 0 atom stereocenters. The van der Waals surface area contributed by atoms with E-state index in [-0.39, 0.29) is 15.7 Å². The molecule has 21 heavy (non-hydrogen) atoms. The van der Waals surface area contributed by atoms with Crippen LogP contribution in [0.5, 0.6) is 0 Å². The first-order valence-corrected chi connectivity index (χ1v) is 7.44. The molecule has 2 rings (SSSR count). The maximum atomic E-state index is 12.3. The average Bonchev–Trinajstić information content (AvgIpc) is 2.68. The number of sulfonamides is 1. The van der Waals surface area contributed by atoms with Crippen molar-refractivity contribution in [2.24, 2.45) is 0 Å². The fourth-order valence-electron chi connectivity index (χ4n) is 1.77. The van der Waals surface area contributed by atoms with E-state index in [9.17, 15) is 18.5 Å². The lowest BCUT2D eigenvalue weighted by atomic mass is 10.4. The van der Waals surface area contributed by atoms with Crippen LogP contribution >= 0.6 is 11.6 Å². The van der Waals surface area contributed by atoms with Crippen molar-refractivity contribution < 1.29 is 13.3 Å². The number of rotatable bonds is 4. The number of pyridine rings is 1. The first kappa shape index (κ1) is 15.2. The SMILES string of the molecule is Cc1n[nH]c(C)c1S(=O)(=O)Nc1nc(Cl)ccc1[N+](=O)[O-]. The van der Waals surface area contributed by atoms with Crippen LogP contribution in [-0.2, 0) is 10.0 Å². The number of hydrogen-bond acceptors (Lipinski definition) is 6. The van der Waals surface area contributed by atoms with Gasteiger partial charge in [0.15, 0.2) is 0 Å². The molecule has 0 radical (unpaired) electrons. The van der Waals surface area contributed by atoms with Crippen LogP contribution in [-0.4, -0.2) is 28.5 Å². The molecule has 0 aliphatic rings. The number of aromatic nitrogens is 3. The summed E-state index contributed by atoms with van der Waals surface area (Å²) in [5.41, 5.74) is 0.0520. The van der Waals surface area contributed by atoms with Crippen molar-refractivity contribution >= 4 is 33.1 Å². The second-order valence-electron chi connectivity index (χ2n) is 4.13. The maximum Gasteiger partial charge on any atom is 0.312 e. The minimum Gasteiger partial charge on any atom is -0.281 e. The van der Waals surface area contributed by atoms with Crippen molar-refractivity contribution in [2.45, 2.75) is 18.7 Å². The van der Waals surface area contributed by atoms with E-state index in [1.807, 2.05) is 0 Å². The van der Waals surface area contributed by atoms with Crippen LogP contribution in [0.15, 0.2) is 17.0 Å². The molecule has 11 heteroatoms. The second kappa shape index (κ2) is 5.30. The predicted molar refractivity (Wildman–Crippen MR) is 74.8 cm³/mol. The molecule has 0 bridgehead atoms.